The maximum Gasteiger partial charge on any atom is 0.248 e. The molecule has 0 aromatic heterocycles. The lowest BCUT2D eigenvalue weighted by Crippen LogP contribution is -2.52. The molecule has 0 aliphatic carbocycles. The van der Waals surface area contributed by atoms with E-state index in [0.717, 1.165) is 54.4 Å². The number of ether oxygens (including phenoxy) is 6. The number of methoxy groups -OCH3 is 2. The number of benzene rings is 2. The molecule has 230 valence electrons. The molecule has 0 bridgehead atoms. The average molecular weight is 584 g/mol. The predicted molar refractivity (Wildman–Crippen MR) is 160 cm³/mol. The Labute approximate surface area is 249 Å². The lowest BCUT2D eigenvalue weighted by atomic mass is 9.85. The fourth-order valence-corrected chi connectivity index (χ4v) is 6.04. The highest BCUT2D eigenvalue weighted by atomic mass is 16.5. The predicted octanol–water partition coefficient (Wildman–Crippen LogP) is 2.84. The van der Waals surface area contributed by atoms with Crippen molar-refractivity contribution in [2.75, 3.05) is 84.9 Å². The quantitative estimate of drug-likeness (QED) is 0.379. The van der Waals surface area contributed by atoms with Gasteiger partial charge in [0.25, 0.3) is 0 Å². The zero-order valence-corrected chi connectivity index (χ0v) is 25.1. The van der Waals surface area contributed by atoms with E-state index in [2.05, 4.69) is 34.5 Å². The van der Waals surface area contributed by atoms with Gasteiger partial charge in [0.1, 0.15) is 24.7 Å². The van der Waals surface area contributed by atoms with Crippen molar-refractivity contribution in [1.82, 2.24) is 10.2 Å². The van der Waals surface area contributed by atoms with Gasteiger partial charge in [-0.3, -0.25) is 4.79 Å². The lowest BCUT2D eigenvalue weighted by molar-refractivity contribution is -0.148. The van der Waals surface area contributed by atoms with Crippen LogP contribution in [0.2, 0.25) is 0 Å². The maximum absolute atomic E-state index is 13.1. The highest BCUT2D eigenvalue weighted by Gasteiger charge is 2.37. The van der Waals surface area contributed by atoms with E-state index < -0.39 is 0 Å². The Bertz CT molecular complexity index is 1150. The van der Waals surface area contributed by atoms with E-state index in [1.54, 1.807) is 14.2 Å². The number of nitrogens with zero attached hydrogens (tertiary/aromatic N) is 2. The molecule has 42 heavy (non-hydrogen) atoms. The van der Waals surface area contributed by atoms with Crippen LogP contribution in [0.25, 0.3) is 0 Å². The number of carbonyl (C=O) groups excluding carboxylic acids is 1. The number of morpholine rings is 1. The summed E-state index contributed by atoms with van der Waals surface area (Å²) >= 11 is 0. The summed E-state index contributed by atoms with van der Waals surface area (Å²) in [4.78, 5) is 17.3. The van der Waals surface area contributed by atoms with Crippen molar-refractivity contribution >= 4 is 11.6 Å². The van der Waals surface area contributed by atoms with Crippen LogP contribution in [-0.4, -0.2) is 109 Å². The first kappa shape index (κ1) is 30.6. The molecule has 0 radical (unpaired) electrons. The first-order valence-corrected chi connectivity index (χ1v) is 15.0. The Balaban J connectivity index is 1.29. The molecule has 3 heterocycles. The minimum Gasteiger partial charge on any atom is -0.497 e. The summed E-state index contributed by atoms with van der Waals surface area (Å²) in [5, 5.41) is 3.48. The monoisotopic (exact) mass is 583 g/mol. The van der Waals surface area contributed by atoms with Gasteiger partial charge in [-0.15, -0.1) is 0 Å². The van der Waals surface area contributed by atoms with Gasteiger partial charge >= 0.3 is 0 Å². The molecule has 0 spiro atoms. The molecular weight excluding hydrogens is 538 g/mol. The molecule has 2 aromatic rings. The summed E-state index contributed by atoms with van der Waals surface area (Å²) < 4.78 is 35.1. The fraction of sp³-hybridized carbons (Fsp3) is 0.594. The molecule has 5 rings (SSSR count). The number of rotatable bonds is 12. The summed E-state index contributed by atoms with van der Waals surface area (Å²) in [6.07, 6.45) is 0.577. The summed E-state index contributed by atoms with van der Waals surface area (Å²) in [5.74, 6) is 1.64. The number of anilines is 1. The highest BCUT2D eigenvalue weighted by Crippen LogP contribution is 2.35. The van der Waals surface area contributed by atoms with Gasteiger partial charge in [-0.25, -0.2) is 0 Å². The van der Waals surface area contributed by atoms with Gasteiger partial charge in [0, 0.05) is 45.8 Å². The van der Waals surface area contributed by atoms with Gasteiger partial charge in [-0.05, 0) is 48.7 Å². The van der Waals surface area contributed by atoms with Gasteiger partial charge in [-0.2, -0.15) is 0 Å². The summed E-state index contributed by atoms with van der Waals surface area (Å²) in [7, 11) is 3.40. The summed E-state index contributed by atoms with van der Waals surface area (Å²) in [5.41, 5.74) is 3.29. The third kappa shape index (κ3) is 7.54. The molecular formula is C32H45N3O7. The van der Waals surface area contributed by atoms with E-state index >= 15 is 0 Å². The van der Waals surface area contributed by atoms with Gasteiger partial charge in [-0.1, -0.05) is 18.2 Å². The maximum atomic E-state index is 13.1. The van der Waals surface area contributed by atoms with Gasteiger partial charge in [0.05, 0.1) is 57.4 Å². The number of hydrogen-bond donors (Lipinski definition) is 1. The minimum atomic E-state index is -0.231. The number of amides is 1. The van der Waals surface area contributed by atoms with Gasteiger partial charge in [0.2, 0.25) is 5.91 Å². The van der Waals surface area contributed by atoms with Crippen LogP contribution in [0.5, 0.6) is 11.5 Å². The third-order valence-corrected chi connectivity index (χ3v) is 8.33. The standard InChI is InChI=1S/C32H45N3O7/c1-23-20-39-15-13-35(23)31(36)22-42-30-19-33-18-29(32(30)25-6-8-26(38-3)9-7-25)41-21-24-5-10-28-27(17-24)34(12-16-40-28)11-4-14-37-2/h5-10,17,23,29-30,32-33H,4,11-16,18-22H2,1-3H3/t23-,29+,30-,32-/m1/s1. The summed E-state index contributed by atoms with van der Waals surface area (Å²) in [6.45, 7) is 8.71. The number of hydrogen-bond acceptors (Lipinski definition) is 9. The molecule has 2 aromatic carbocycles. The normalized spacial score (nSPS) is 24.2. The minimum absolute atomic E-state index is 0.00588. The molecule has 3 aliphatic heterocycles. The Morgan fingerprint density at radius 3 is 2.60 bits per heavy atom. The number of carbonyl (C=O) groups is 1. The van der Waals surface area contributed by atoms with E-state index in [-0.39, 0.29) is 36.7 Å². The van der Waals surface area contributed by atoms with E-state index in [0.29, 0.717) is 46.1 Å². The molecule has 3 aliphatic rings. The van der Waals surface area contributed by atoms with E-state index in [1.807, 2.05) is 30.0 Å². The van der Waals surface area contributed by atoms with Crippen molar-refractivity contribution in [2.45, 2.75) is 44.1 Å². The molecule has 2 fully saturated rings. The molecule has 1 amide bonds. The largest absolute Gasteiger partial charge is 0.497 e. The Kier molecular flexibility index (Phi) is 10.9. The molecule has 10 nitrogen and oxygen atoms in total. The van der Waals surface area contributed by atoms with Crippen LogP contribution in [0, 0.1) is 0 Å². The van der Waals surface area contributed by atoms with Crippen molar-refractivity contribution in [1.29, 1.82) is 0 Å². The molecule has 10 heteroatoms. The third-order valence-electron chi connectivity index (χ3n) is 8.33. The Hall–Kier alpha value is -2.89. The first-order valence-electron chi connectivity index (χ1n) is 15.0. The highest BCUT2D eigenvalue weighted by molar-refractivity contribution is 5.78. The van der Waals surface area contributed by atoms with Crippen molar-refractivity contribution in [2.24, 2.45) is 0 Å². The summed E-state index contributed by atoms with van der Waals surface area (Å²) in [6, 6.07) is 14.4. The average Bonchev–Trinajstić information content (AvgIpc) is 3.03. The SMILES string of the molecule is COCCCN1CCOc2ccc(CO[C@H]3CNC[C@@H](OCC(=O)N4CCOC[C@H]4C)[C@@H]3c3ccc(OC)cc3)cc21. The van der Waals surface area contributed by atoms with Crippen molar-refractivity contribution in [3.8, 4) is 11.5 Å². The van der Waals surface area contributed by atoms with E-state index in [9.17, 15) is 4.79 Å². The molecule has 0 saturated carbocycles. The lowest BCUT2D eigenvalue weighted by Gasteiger charge is -2.39. The zero-order valence-electron chi connectivity index (χ0n) is 25.1. The van der Waals surface area contributed by atoms with Crippen LogP contribution in [-0.2, 0) is 30.3 Å². The zero-order chi connectivity index (χ0) is 29.3. The van der Waals surface area contributed by atoms with Crippen molar-refractivity contribution < 1.29 is 33.2 Å². The second-order valence-electron chi connectivity index (χ2n) is 11.2. The van der Waals surface area contributed by atoms with Crippen LogP contribution in [0.3, 0.4) is 0 Å². The Morgan fingerprint density at radius 1 is 1.02 bits per heavy atom. The topological polar surface area (TPSA) is 91.0 Å². The van der Waals surface area contributed by atoms with Crippen molar-refractivity contribution in [3.63, 3.8) is 0 Å². The van der Waals surface area contributed by atoms with E-state index in [1.165, 1.54) is 0 Å². The smallest absolute Gasteiger partial charge is 0.248 e. The van der Waals surface area contributed by atoms with Gasteiger partial charge < -0.3 is 43.5 Å². The van der Waals surface area contributed by atoms with Gasteiger partial charge in [0.15, 0.2) is 0 Å². The van der Waals surface area contributed by atoms with Crippen LogP contribution in [0.4, 0.5) is 5.69 Å². The second kappa shape index (κ2) is 15.0. The second-order valence-corrected chi connectivity index (χ2v) is 11.2. The molecule has 4 atom stereocenters. The van der Waals surface area contributed by atoms with Crippen LogP contribution >= 0.6 is 0 Å². The first-order chi connectivity index (χ1) is 20.6. The number of piperidine rings is 1. The molecule has 1 N–H and O–H groups in total. The number of nitrogens with one attached hydrogen (secondary N) is 1. The molecule has 2 saturated heterocycles. The number of fused-ring (bicyclic) bond motifs is 1. The van der Waals surface area contributed by atoms with Crippen molar-refractivity contribution in [3.05, 3.63) is 53.6 Å². The fourth-order valence-electron chi connectivity index (χ4n) is 6.04. The van der Waals surface area contributed by atoms with Crippen LogP contribution in [0.1, 0.15) is 30.4 Å². The molecule has 0 unspecified atom stereocenters. The van der Waals surface area contributed by atoms with Crippen LogP contribution < -0.4 is 19.7 Å². The van der Waals surface area contributed by atoms with Crippen LogP contribution in [0.15, 0.2) is 42.5 Å². The Morgan fingerprint density at radius 2 is 1.83 bits per heavy atom. The van der Waals surface area contributed by atoms with E-state index in [4.69, 9.17) is 28.4 Å².